The molecule has 2 aromatic rings. The van der Waals surface area contributed by atoms with Gasteiger partial charge in [-0.2, -0.15) is 0 Å². The third-order valence-corrected chi connectivity index (χ3v) is 3.29. The molecule has 0 radical (unpaired) electrons. The predicted octanol–water partition coefficient (Wildman–Crippen LogP) is 3.17. The summed E-state index contributed by atoms with van der Waals surface area (Å²) in [5, 5.41) is 12.0. The standard InChI is InChI=1S/C16H19N3O/c1-11-5-4-6-13(9-11)19(3)15-10-12(2)7-8-14(15)16(17)18-20/h4-10,20H,1-3H3,(H2,17,18). The van der Waals surface area contributed by atoms with Gasteiger partial charge in [0.2, 0.25) is 0 Å². The maximum Gasteiger partial charge on any atom is 0.172 e. The van der Waals surface area contributed by atoms with Gasteiger partial charge in [0.15, 0.2) is 5.84 Å². The van der Waals surface area contributed by atoms with E-state index in [1.807, 2.05) is 49.2 Å². The number of amidine groups is 1. The van der Waals surface area contributed by atoms with E-state index < -0.39 is 0 Å². The molecule has 0 aromatic heterocycles. The van der Waals surface area contributed by atoms with Gasteiger partial charge >= 0.3 is 0 Å². The van der Waals surface area contributed by atoms with Gasteiger partial charge in [0.25, 0.3) is 0 Å². The molecule has 0 saturated heterocycles. The van der Waals surface area contributed by atoms with Gasteiger partial charge in [0, 0.05) is 18.3 Å². The third kappa shape index (κ3) is 2.74. The van der Waals surface area contributed by atoms with Crippen LogP contribution in [-0.4, -0.2) is 18.1 Å². The Labute approximate surface area is 119 Å². The number of hydrogen-bond acceptors (Lipinski definition) is 3. The van der Waals surface area contributed by atoms with Crippen molar-refractivity contribution < 1.29 is 5.21 Å². The summed E-state index contributed by atoms with van der Waals surface area (Å²) < 4.78 is 0. The van der Waals surface area contributed by atoms with E-state index in [0.717, 1.165) is 16.9 Å². The minimum absolute atomic E-state index is 0.111. The van der Waals surface area contributed by atoms with Crippen molar-refractivity contribution in [2.24, 2.45) is 10.9 Å². The topological polar surface area (TPSA) is 61.8 Å². The fourth-order valence-corrected chi connectivity index (χ4v) is 2.17. The molecule has 0 amide bonds. The van der Waals surface area contributed by atoms with Crippen LogP contribution < -0.4 is 10.6 Å². The molecule has 0 heterocycles. The molecule has 104 valence electrons. The van der Waals surface area contributed by atoms with Crippen molar-refractivity contribution in [3.8, 4) is 0 Å². The molecule has 0 aliphatic rings. The van der Waals surface area contributed by atoms with Crippen LogP contribution in [-0.2, 0) is 0 Å². The Kier molecular flexibility index (Phi) is 3.94. The van der Waals surface area contributed by atoms with Gasteiger partial charge in [-0.1, -0.05) is 23.4 Å². The van der Waals surface area contributed by atoms with Crippen molar-refractivity contribution in [3.63, 3.8) is 0 Å². The molecule has 0 aliphatic carbocycles. The van der Waals surface area contributed by atoms with Crippen molar-refractivity contribution in [3.05, 3.63) is 59.2 Å². The maximum absolute atomic E-state index is 8.92. The van der Waals surface area contributed by atoms with Crippen molar-refractivity contribution in [2.75, 3.05) is 11.9 Å². The van der Waals surface area contributed by atoms with E-state index >= 15 is 0 Å². The van der Waals surface area contributed by atoms with Crippen LogP contribution in [0.15, 0.2) is 47.6 Å². The SMILES string of the molecule is Cc1cccc(N(C)c2cc(C)ccc2C(N)=NO)c1. The van der Waals surface area contributed by atoms with Gasteiger partial charge in [-0.15, -0.1) is 0 Å². The van der Waals surface area contributed by atoms with Crippen molar-refractivity contribution in [2.45, 2.75) is 13.8 Å². The molecule has 0 fully saturated rings. The molecule has 0 aliphatic heterocycles. The van der Waals surface area contributed by atoms with Gasteiger partial charge in [-0.3, -0.25) is 0 Å². The highest BCUT2D eigenvalue weighted by molar-refractivity contribution is 6.03. The Morgan fingerprint density at radius 3 is 2.45 bits per heavy atom. The Morgan fingerprint density at radius 2 is 1.80 bits per heavy atom. The number of rotatable bonds is 3. The van der Waals surface area contributed by atoms with E-state index in [2.05, 4.69) is 24.2 Å². The number of oxime groups is 1. The molecule has 2 rings (SSSR count). The number of aryl methyl sites for hydroxylation is 2. The monoisotopic (exact) mass is 269 g/mol. The zero-order chi connectivity index (χ0) is 14.7. The van der Waals surface area contributed by atoms with Crippen LogP contribution in [0.5, 0.6) is 0 Å². The zero-order valence-corrected chi connectivity index (χ0v) is 12.0. The number of nitrogens with two attached hydrogens (primary N) is 1. The smallest absolute Gasteiger partial charge is 0.172 e. The molecule has 20 heavy (non-hydrogen) atoms. The van der Waals surface area contributed by atoms with Crippen LogP contribution in [0.4, 0.5) is 11.4 Å². The van der Waals surface area contributed by atoms with Crippen LogP contribution in [0.25, 0.3) is 0 Å². The lowest BCUT2D eigenvalue weighted by molar-refractivity contribution is 0.318. The van der Waals surface area contributed by atoms with E-state index in [-0.39, 0.29) is 5.84 Å². The molecule has 0 spiro atoms. The fourth-order valence-electron chi connectivity index (χ4n) is 2.17. The molecule has 0 bridgehead atoms. The molecular weight excluding hydrogens is 250 g/mol. The highest BCUT2D eigenvalue weighted by Gasteiger charge is 2.13. The van der Waals surface area contributed by atoms with E-state index in [1.54, 1.807) is 0 Å². The van der Waals surface area contributed by atoms with Crippen molar-refractivity contribution >= 4 is 17.2 Å². The first-order valence-corrected chi connectivity index (χ1v) is 6.42. The van der Waals surface area contributed by atoms with Crippen molar-refractivity contribution in [1.82, 2.24) is 0 Å². The second kappa shape index (κ2) is 5.65. The minimum Gasteiger partial charge on any atom is -0.409 e. The highest BCUT2D eigenvalue weighted by Crippen LogP contribution is 2.28. The Morgan fingerprint density at radius 1 is 1.10 bits per heavy atom. The summed E-state index contributed by atoms with van der Waals surface area (Å²) >= 11 is 0. The summed E-state index contributed by atoms with van der Waals surface area (Å²) in [6.07, 6.45) is 0. The number of nitrogens with zero attached hydrogens (tertiary/aromatic N) is 2. The minimum atomic E-state index is 0.111. The lowest BCUT2D eigenvalue weighted by Gasteiger charge is -2.23. The van der Waals surface area contributed by atoms with Gasteiger partial charge in [0.05, 0.1) is 5.69 Å². The third-order valence-electron chi connectivity index (χ3n) is 3.29. The molecular formula is C16H19N3O. The second-order valence-corrected chi connectivity index (χ2v) is 4.90. The van der Waals surface area contributed by atoms with E-state index in [1.165, 1.54) is 5.56 Å². The van der Waals surface area contributed by atoms with Crippen LogP contribution in [0, 0.1) is 13.8 Å². The van der Waals surface area contributed by atoms with Crippen LogP contribution in [0.1, 0.15) is 16.7 Å². The molecule has 2 aromatic carbocycles. The molecule has 3 N–H and O–H groups in total. The summed E-state index contributed by atoms with van der Waals surface area (Å²) in [5.74, 6) is 0.111. The quantitative estimate of drug-likeness (QED) is 0.389. The first-order chi connectivity index (χ1) is 9.52. The summed E-state index contributed by atoms with van der Waals surface area (Å²) in [4.78, 5) is 2.04. The summed E-state index contributed by atoms with van der Waals surface area (Å²) in [7, 11) is 1.97. The van der Waals surface area contributed by atoms with E-state index in [4.69, 9.17) is 10.9 Å². The fraction of sp³-hybridized carbons (Fsp3) is 0.188. The summed E-state index contributed by atoms with van der Waals surface area (Å²) in [6, 6.07) is 14.0. The second-order valence-electron chi connectivity index (χ2n) is 4.90. The molecule has 4 nitrogen and oxygen atoms in total. The van der Waals surface area contributed by atoms with E-state index in [0.29, 0.717) is 5.56 Å². The Hall–Kier alpha value is -2.49. The number of hydrogen-bond donors (Lipinski definition) is 2. The van der Waals surface area contributed by atoms with Crippen LogP contribution >= 0.6 is 0 Å². The van der Waals surface area contributed by atoms with Gasteiger partial charge in [-0.05, 0) is 49.2 Å². The maximum atomic E-state index is 8.92. The number of benzene rings is 2. The van der Waals surface area contributed by atoms with Crippen LogP contribution in [0.2, 0.25) is 0 Å². The first-order valence-electron chi connectivity index (χ1n) is 6.42. The first kappa shape index (κ1) is 13.9. The largest absolute Gasteiger partial charge is 0.409 e. The summed E-state index contributed by atoms with van der Waals surface area (Å²) in [5.41, 5.74) is 10.7. The highest BCUT2D eigenvalue weighted by atomic mass is 16.4. The normalized spacial score (nSPS) is 11.4. The average Bonchev–Trinajstić information content (AvgIpc) is 2.45. The molecule has 0 saturated carbocycles. The lowest BCUT2D eigenvalue weighted by Crippen LogP contribution is -2.19. The van der Waals surface area contributed by atoms with Crippen molar-refractivity contribution in [1.29, 1.82) is 0 Å². The van der Waals surface area contributed by atoms with Gasteiger partial charge in [0.1, 0.15) is 0 Å². The van der Waals surface area contributed by atoms with E-state index in [9.17, 15) is 0 Å². The Bertz CT molecular complexity index is 650. The lowest BCUT2D eigenvalue weighted by atomic mass is 10.1. The molecule has 4 heteroatoms. The van der Waals surface area contributed by atoms with Gasteiger partial charge in [-0.25, -0.2) is 0 Å². The predicted molar refractivity (Wildman–Crippen MR) is 82.9 cm³/mol. The Balaban J connectivity index is 2.53. The summed E-state index contributed by atoms with van der Waals surface area (Å²) in [6.45, 7) is 4.07. The zero-order valence-electron chi connectivity index (χ0n) is 12.0. The average molecular weight is 269 g/mol. The van der Waals surface area contributed by atoms with Crippen LogP contribution in [0.3, 0.4) is 0 Å². The molecule has 0 unspecified atom stereocenters. The van der Waals surface area contributed by atoms with Gasteiger partial charge < -0.3 is 15.8 Å². The molecule has 0 atom stereocenters. The number of anilines is 2.